The van der Waals surface area contributed by atoms with Crippen molar-refractivity contribution in [2.45, 2.75) is 20.3 Å². The normalized spacial score (nSPS) is 10.3. The van der Waals surface area contributed by atoms with E-state index in [1.165, 1.54) is 6.33 Å². The lowest BCUT2D eigenvalue weighted by Crippen LogP contribution is -2.00. The Kier molecular flexibility index (Phi) is 2.31. The van der Waals surface area contributed by atoms with Crippen molar-refractivity contribution in [1.82, 2.24) is 15.0 Å². The highest BCUT2D eigenvalue weighted by Crippen LogP contribution is 1.99. The molecule has 0 N–H and O–H groups in total. The maximum absolute atomic E-state index is 3.97. The Balaban J connectivity index is 2.59. The van der Waals surface area contributed by atoms with Crippen molar-refractivity contribution in [2.24, 2.45) is 5.92 Å². The van der Waals surface area contributed by atoms with Crippen molar-refractivity contribution in [3.63, 3.8) is 0 Å². The van der Waals surface area contributed by atoms with Crippen LogP contribution in [0.1, 0.15) is 19.7 Å². The van der Waals surface area contributed by atoms with E-state index in [4.69, 9.17) is 0 Å². The van der Waals surface area contributed by atoms with Gasteiger partial charge in [-0.3, -0.25) is 0 Å². The highest BCUT2D eigenvalue weighted by Gasteiger charge is 1.97. The summed E-state index contributed by atoms with van der Waals surface area (Å²) in [6.07, 6.45) is 4.88. The molecule has 3 nitrogen and oxygen atoms in total. The van der Waals surface area contributed by atoms with Gasteiger partial charge in [0.1, 0.15) is 12.2 Å². The highest BCUT2D eigenvalue weighted by molar-refractivity contribution is 4.81. The van der Waals surface area contributed by atoms with E-state index in [1.54, 1.807) is 0 Å². The summed E-state index contributed by atoms with van der Waals surface area (Å²) in [5, 5.41) is 0. The third-order valence-electron chi connectivity index (χ3n) is 1.09. The lowest BCUT2D eigenvalue weighted by Gasteiger charge is -1.99. The van der Waals surface area contributed by atoms with Crippen molar-refractivity contribution in [1.29, 1.82) is 0 Å². The SMILES string of the molecule is CC(C)Cc1n[c]ncn1. The van der Waals surface area contributed by atoms with E-state index in [0.29, 0.717) is 5.92 Å². The lowest BCUT2D eigenvalue weighted by atomic mass is 10.1. The van der Waals surface area contributed by atoms with Gasteiger partial charge in [0.05, 0.1) is 0 Å². The van der Waals surface area contributed by atoms with E-state index < -0.39 is 0 Å². The first-order valence-corrected chi connectivity index (χ1v) is 3.33. The quantitative estimate of drug-likeness (QED) is 0.605. The first-order chi connectivity index (χ1) is 4.79. The van der Waals surface area contributed by atoms with Crippen molar-refractivity contribution in [3.8, 4) is 0 Å². The molecule has 0 spiro atoms. The second-order valence-electron chi connectivity index (χ2n) is 2.60. The summed E-state index contributed by atoms with van der Waals surface area (Å²) < 4.78 is 0. The van der Waals surface area contributed by atoms with Crippen molar-refractivity contribution >= 4 is 0 Å². The van der Waals surface area contributed by atoms with Gasteiger partial charge in [0.15, 0.2) is 0 Å². The molecule has 1 aromatic rings. The van der Waals surface area contributed by atoms with Gasteiger partial charge in [-0.25, -0.2) is 15.0 Å². The summed E-state index contributed by atoms with van der Waals surface area (Å²) in [7, 11) is 0. The van der Waals surface area contributed by atoms with Crippen LogP contribution in [0.5, 0.6) is 0 Å². The first-order valence-electron chi connectivity index (χ1n) is 3.33. The molecule has 1 radical (unpaired) electrons. The zero-order valence-corrected chi connectivity index (χ0v) is 6.20. The average molecular weight is 136 g/mol. The summed E-state index contributed by atoms with van der Waals surface area (Å²) in [5.41, 5.74) is 0. The Morgan fingerprint density at radius 3 is 2.90 bits per heavy atom. The Bertz CT molecular complexity index is 183. The Morgan fingerprint density at radius 1 is 1.60 bits per heavy atom. The van der Waals surface area contributed by atoms with Crippen LogP contribution in [0.4, 0.5) is 0 Å². The molecule has 0 bridgehead atoms. The molecule has 0 aliphatic heterocycles. The zero-order valence-electron chi connectivity index (χ0n) is 6.20. The van der Waals surface area contributed by atoms with Crippen molar-refractivity contribution in [2.75, 3.05) is 0 Å². The smallest absolute Gasteiger partial charge is 0.201 e. The monoisotopic (exact) mass is 136 g/mol. The third-order valence-corrected chi connectivity index (χ3v) is 1.09. The molecule has 0 aliphatic rings. The molecule has 1 rings (SSSR count). The van der Waals surface area contributed by atoms with Gasteiger partial charge in [0.25, 0.3) is 0 Å². The molecule has 0 saturated heterocycles. The van der Waals surface area contributed by atoms with Crippen LogP contribution >= 0.6 is 0 Å². The van der Waals surface area contributed by atoms with Crippen LogP contribution in [0, 0.1) is 12.2 Å². The summed E-state index contributed by atoms with van der Waals surface area (Å²) in [5.74, 6) is 1.42. The van der Waals surface area contributed by atoms with Gasteiger partial charge < -0.3 is 0 Å². The second kappa shape index (κ2) is 3.25. The molecular formula is C7H10N3. The zero-order chi connectivity index (χ0) is 7.40. The number of rotatable bonds is 2. The minimum Gasteiger partial charge on any atom is -0.221 e. The predicted molar refractivity (Wildman–Crippen MR) is 37.2 cm³/mol. The molecule has 10 heavy (non-hydrogen) atoms. The molecule has 3 heteroatoms. The van der Waals surface area contributed by atoms with Crippen LogP contribution in [0.3, 0.4) is 0 Å². The fraction of sp³-hybridized carbons (Fsp3) is 0.571. The molecule has 1 aromatic heterocycles. The second-order valence-corrected chi connectivity index (χ2v) is 2.60. The molecule has 1 heterocycles. The standard InChI is InChI=1S/C7H10N3/c1-6(2)3-7-9-4-8-5-10-7/h4,6H,3H2,1-2H3. The van der Waals surface area contributed by atoms with E-state index in [-0.39, 0.29) is 0 Å². The molecule has 0 saturated carbocycles. The molecular weight excluding hydrogens is 126 g/mol. The lowest BCUT2D eigenvalue weighted by molar-refractivity contribution is 0.616. The Hall–Kier alpha value is -0.990. The fourth-order valence-corrected chi connectivity index (χ4v) is 0.700. The van der Waals surface area contributed by atoms with E-state index in [9.17, 15) is 0 Å². The van der Waals surface area contributed by atoms with Crippen molar-refractivity contribution < 1.29 is 0 Å². The minimum absolute atomic E-state index is 0.593. The Labute approximate surface area is 60.6 Å². The minimum atomic E-state index is 0.593. The topological polar surface area (TPSA) is 38.7 Å². The van der Waals surface area contributed by atoms with Crippen LogP contribution in [-0.4, -0.2) is 15.0 Å². The highest BCUT2D eigenvalue weighted by atomic mass is 15.0. The van der Waals surface area contributed by atoms with Crippen LogP contribution in [0.2, 0.25) is 0 Å². The number of hydrogen-bond acceptors (Lipinski definition) is 3. The maximum Gasteiger partial charge on any atom is 0.201 e. The molecule has 0 atom stereocenters. The summed E-state index contributed by atoms with van der Waals surface area (Å²) in [6.45, 7) is 4.26. The third kappa shape index (κ3) is 2.09. The van der Waals surface area contributed by atoms with E-state index in [0.717, 1.165) is 12.2 Å². The Morgan fingerprint density at radius 2 is 2.40 bits per heavy atom. The van der Waals surface area contributed by atoms with Gasteiger partial charge in [-0.15, -0.1) is 0 Å². The van der Waals surface area contributed by atoms with Gasteiger partial charge in [-0.05, 0) is 5.92 Å². The molecule has 0 unspecified atom stereocenters. The van der Waals surface area contributed by atoms with Gasteiger partial charge in [0.2, 0.25) is 6.33 Å². The van der Waals surface area contributed by atoms with Gasteiger partial charge >= 0.3 is 0 Å². The fourth-order valence-electron chi connectivity index (χ4n) is 0.700. The largest absolute Gasteiger partial charge is 0.221 e. The van der Waals surface area contributed by atoms with E-state index >= 15 is 0 Å². The van der Waals surface area contributed by atoms with Crippen LogP contribution in [0.15, 0.2) is 6.33 Å². The molecule has 0 aliphatic carbocycles. The molecule has 0 aromatic carbocycles. The summed E-state index contributed by atoms with van der Waals surface area (Å²) in [6, 6.07) is 0. The van der Waals surface area contributed by atoms with E-state index in [2.05, 4.69) is 35.1 Å². The summed E-state index contributed by atoms with van der Waals surface area (Å²) >= 11 is 0. The van der Waals surface area contributed by atoms with Gasteiger partial charge in [-0.2, -0.15) is 0 Å². The molecule has 0 fully saturated rings. The average Bonchev–Trinajstić information content (AvgIpc) is 1.88. The first kappa shape index (κ1) is 7.12. The molecule has 53 valence electrons. The number of aromatic nitrogens is 3. The van der Waals surface area contributed by atoms with Gasteiger partial charge in [-0.1, -0.05) is 13.8 Å². The molecule has 0 amide bonds. The van der Waals surface area contributed by atoms with Gasteiger partial charge in [0, 0.05) is 6.42 Å². The van der Waals surface area contributed by atoms with Crippen LogP contribution in [0.25, 0.3) is 0 Å². The number of nitrogens with zero attached hydrogens (tertiary/aromatic N) is 3. The van der Waals surface area contributed by atoms with Crippen molar-refractivity contribution in [3.05, 3.63) is 18.5 Å². The van der Waals surface area contributed by atoms with Crippen LogP contribution in [-0.2, 0) is 6.42 Å². The predicted octanol–water partition coefficient (Wildman–Crippen LogP) is 0.870. The van der Waals surface area contributed by atoms with Crippen LogP contribution < -0.4 is 0 Å². The maximum atomic E-state index is 3.97. The van der Waals surface area contributed by atoms with E-state index in [1.807, 2.05) is 0 Å². The number of hydrogen-bond donors (Lipinski definition) is 0. The summed E-state index contributed by atoms with van der Waals surface area (Å²) in [4.78, 5) is 11.4.